The maximum atomic E-state index is 11.6. The highest BCUT2D eigenvalue weighted by atomic mass is 35.5. The van der Waals surface area contributed by atoms with Gasteiger partial charge < -0.3 is 10.1 Å². The van der Waals surface area contributed by atoms with Crippen molar-refractivity contribution in [3.8, 4) is 0 Å². The van der Waals surface area contributed by atoms with Gasteiger partial charge in [-0.25, -0.2) is 8.78 Å². The standard InChI is InChI=1S/C8H14ClF2NO2/c1-6(4-9)12-8(13)2-3-14-5-7(10)11/h6-7H,2-5H2,1H3,(H,12,13). The Hall–Kier alpha value is -0.420. The Kier molecular flexibility index (Phi) is 7.70. The molecule has 14 heavy (non-hydrogen) atoms. The third-order valence-electron chi connectivity index (χ3n) is 1.36. The molecule has 1 amide bonds. The number of rotatable bonds is 7. The number of hydrogen-bond acceptors (Lipinski definition) is 2. The molecule has 0 aliphatic rings. The van der Waals surface area contributed by atoms with Gasteiger partial charge in [0.25, 0.3) is 6.43 Å². The fraction of sp³-hybridized carbons (Fsp3) is 0.875. The topological polar surface area (TPSA) is 38.3 Å². The maximum absolute atomic E-state index is 11.6. The van der Waals surface area contributed by atoms with Crippen LogP contribution < -0.4 is 5.32 Å². The van der Waals surface area contributed by atoms with Gasteiger partial charge in [-0.3, -0.25) is 4.79 Å². The van der Waals surface area contributed by atoms with Crippen LogP contribution in [0, 0.1) is 0 Å². The van der Waals surface area contributed by atoms with E-state index in [2.05, 4.69) is 10.1 Å². The molecule has 0 fully saturated rings. The third kappa shape index (κ3) is 8.19. The minimum atomic E-state index is -2.49. The van der Waals surface area contributed by atoms with Crippen LogP contribution in [0.2, 0.25) is 0 Å². The predicted octanol–water partition coefficient (Wildman–Crippen LogP) is 1.40. The van der Waals surface area contributed by atoms with E-state index in [0.717, 1.165) is 0 Å². The van der Waals surface area contributed by atoms with Gasteiger partial charge in [-0.2, -0.15) is 0 Å². The Morgan fingerprint density at radius 2 is 2.21 bits per heavy atom. The molecule has 0 aromatic carbocycles. The lowest BCUT2D eigenvalue weighted by Crippen LogP contribution is -2.34. The van der Waals surface area contributed by atoms with Crippen LogP contribution in [0.4, 0.5) is 8.78 Å². The van der Waals surface area contributed by atoms with Crippen LogP contribution in [0.5, 0.6) is 0 Å². The number of carbonyl (C=O) groups is 1. The van der Waals surface area contributed by atoms with E-state index in [4.69, 9.17) is 11.6 Å². The van der Waals surface area contributed by atoms with Crippen molar-refractivity contribution < 1.29 is 18.3 Å². The van der Waals surface area contributed by atoms with Gasteiger partial charge in [0.1, 0.15) is 6.61 Å². The molecule has 0 aromatic heterocycles. The summed E-state index contributed by atoms with van der Waals surface area (Å²) in [6.07, 6.45) is -2.41. The van der Waals surface area contributed by atoms with Gasteiger partial charge in [-0.1, -0.05) is 0 Å². The third-order valence-corrected chi connectivity index (χ3v) is 1.82. The summed E-state index contributed by atoms with van der Waals surface area (Å²) in [6.45, 7) is 1.13. The summed E-state index contributed by atoms with van der Waals surface area (Å²) in [5.41, 5.74) is 0. The lowest BCUT2D eigenvalue weighted by molar-refractivity contribution is -0.123. The van der Waals surface area contributed by atoms with E-state index >= 15 is 0 Å². The zero-order chi connectivity index (χ0) is 11.0. The molecule has 0 aliphatic heterocycles. The van der Waals surface area contributed by atoms with Crippen LogP contribution >= 0.6 is 11.6 Å². The van der Waals surface area contributed by atoms with Gasteiger partial charge in [0.05, 0.1) is 6.61 Å². The zero-order valence-electron chi connectivity index (χ0n) is 7.93. The summed E-state index contributed by atoms with van der Waals surface area (Å²) in [6, 6.07) is -0.112. The molecule has 0 spiro atoms. The van der Waals surface area contributed by atoms with Crippen molar-refractivity contribution in [1.29, 1.82) is 0 Å². The smallest absolute Gasteiger partial charge is 0.261 e. The fourth-order valence-corrected chi connectivity index (χ4v) is 0.800. The molecule has 0 aliphatic carbocycles. The van der Waals surface area contributed by atoms with E-state index in [0.29, 0.717) is 5.88 Å². The molecule has 84 valence electrons. The summed E-state index contributed by atoms with van der Waals surface area (Å²) < 4.78 is 27.7. The van der Waals surface area contributed by atoms with Crippen LogP contribution in [0.3, 0.4) is 0 Å². The second-order valence-corrected chi connectivity index (χ2v) is 3.15. The quantitative estimate of drug-likeness (QED) is 0.530. The molecule has 0 aromatic rings. The molecule has 6 heteroatoms. The first kappa shape index (κ1) is 13.6. The molecule has 3 nitrogen and oxygen atoms in total. The van der Waals surface area contributed by atoms with Crippen molar-refractivity contribution in [2.45, 2.75) is 25.8 Å². The van der Waals surface area contributed by atoms with E-state index in [1.54, 1.807) is 6.92 Å². The second kappa shape index (κ2) is 7.94. The largest absolute Gasteiger partial charge is 0.375 e. The number of hydrogen-bond donors (Lipinski definition) is 1. The summed E-state index contributed by atoms with van der Waals surface area (Å²) in [5.74, 6) is 0.0799. The Bertz CT molecular complexity index is 169. The zero-order valence-corrected chi connectivity index (χ0v) is 8.69. The molecule has 0 radical (unpaired) electrons. The summed E-state index contributed by atoms with van der Waals surface area (Å²) in [4.78, 5) is 11.0. The minimum Gasteiger partial charge on any atom is -0.375 e. The highest BCUT2D eigenvalue weighted by molar-refractivity contribution is 6.18. The predicted molar refractivity (Wildman–Crippen MR) is 49.8 cm³/mol. The molecule has 1 atom stereocenters. The van der Waals surface area contributed by atoms with Gasteiger partial charge in [0.2, 0.25) is 5.91 Å². The van der Waals surface area contributed by atoms with Gasteiger partial charge >= 0.3 is 0 Å². The van der Waals surface area contributed by atoms with Crippen LogP contribution in [0.15, 0.2) is 0 Å². The molecular formula is C8H14ClF2NO2. The van der Waals surface area contributed by atoms with Gasteiger partial charge in [-0.15, -0.1) is 11.6 Å². The Morgan fingerprint density at radius 3 is 2.71 bits per heavy atom. The molecule has 0 saturated carbocycles. The first-order valence-corrected chi connectivity index (χ1v) is 4.81. The molecule has 1 N–H and O–H groups in total. The van der Waals surface area contributed by atoms with Crippen LogP contribution in [0.1, 0.15) is 13.3 Å². The van der Waals surface area contributed by atoms with Gasteiger partial charge in [-0.05, 0) is 6.92 Å². The fourth-order valence-electron chi connectivity index (χ4n) is 0.723. The van der Waals surface area contributed by atoms with Crippen molar-refractivity contribution in [2.24, 2.45) is 0 Å². The van der Waals surface area contributed by atoms with Gasteiger partial charge in [0.15, 0.2) is 0 Å². The van der Waals surface area contributed by atoms with E-state index < -0.39 is 13.0 Å². The highest BCUT2D eigenvalue weighted by Gasteiger charge is 2.07. The van der Waals surface area contributed by atoms with E-state index in [-0.39, 0.29) is 25.0 Å². The first-order valence-electron chi connectivity index (χ1n) is 4.27. The Labute approximate surface area is 86.8 Å². The monoisotopic (exact) mass is 229 g/mol. The van der Waals surface area contributed by atoms with Crippen molar-refractivity contribution in [2.75, 3.05) is 19.1 Å². The molecule has 0 rings (SSSR count). The van der Waals surface area contributed by atoms with Crippen LogP contribution in [0.25, 0.3) is 0 Å². The number of nitrogens with one attached hydrogen (secondary N) is 1. The summed E-state index contributed by atoms with van der Waals surface area (Å²) >= 11 is 5.45. The highest BCUT2D eigenvalue weighted by Crippen LogP contribution is 1.94. The van der Waals surface area contributed by atoms with Crippen LogP contribution in [-0.2, 0) is 9.53 Å². The average molecular weight is 230 g/mol. The van der Waals surface area contributed by atoms with Crippen molar-refractivity contribution >= 4 is 17.5 Å². The van der Waals surface area contributed by atoms with E-state index in [9.17, 15) is 13.6 Å². The molecule has 0 saturated heterocycles. The minimum absolute atomic E-state index is 0.00514. The van der Waals surface area contributed by atoms with Crippen molar-refractivity contribution in [1.82, 2.24) is 5.32 Å². The van der Waals surface area contributed by atoms with Crippen molar-refractivity contribution in [3.63, 3.8) is 0 Å². The van der Waals surface area contributed by atoms with Crippen molar-refractivity contribution in [3.05, 3.63) is 0 Å². The lowest BCUT2D eigenvalue weighted by Gasteiger charge is -2.10. The molecule has 1 unspecified atom stereocenters. The average Bonchev–Trinajstić information content (AvgIpc) is 2.12. The van der Waals surface area contributed by atoms with E-state index in [1.807, 2.05) is 0 Å². The Balaban J connectivity index is 3.36. The number of amides is 1. The number of carbonyl (C=O) groups excluding carboxylic acids is 1. The first-order chi connectivity index (χ1) is 6.56. The molecular weight excluding hydrogens is 216 g/mol. The second-order valence-electron chi connectivity index (χ2n) is 2.84. The normalized spacial score (nSPS) is 12.9. The van der Waals surface area contributed by atoms with E-state index in [1.165, 1.54) is 0 Å². The SMILES string of the molecule is CC(CCl)NC(=O)CCOCC(F)F. The Morgan fingerprint density at radius 1 is 1.57 bits per heavy atom. The number of halogens is 3. The number of alkyl halides is 3. The van der Waals surface area contributed by atoms with Crippen LogP contribution in [-0.4, -0.2) is 37.5 Å². The molecule has 0 heterocycles. The van der Waals surface area contributed by atoms with Gasteiger partial charge in [0, 0.05) is 18.3 Å². The lowest BCUT2D eigenvalue weighted by atomic mass is 10.3. The summed E-state index contributed by atoms with van der Waals surface area (Å²) in [5, 5.41) is 2.58. The molecule has 0 bridgehead atoms. The number of ether oxygens (including phenoxy) is 1. The maximum Gasteiger partial charge on any atom is 0.261 e. The summed E-state index contributed by atoms with van der Waals surface area (Å²) in [7, 11) is 0.